The van der Waals surface area contributed by atoms with E-state index in [2.05, 4.69) is 15.6 Å². The second-order valence-corrected chi connectivity index (χ2v) is 5.96. The van der Waals surface area contributed by atoms with Gasteiger partial charge in [0.05, 0.1) is 0 Å². The number of halogens is 2. The summed E-state index contributed by atoms with van der Waals surface area (Å²) in [7, 11) is 0. The van der Waals surface area contributed by atoms with Crippen LogP contribution in [0.3, 0.4) is 0 Å². The summed E-state index contributed by atoms with van der Waals surface area (Å²) in [6.45, 7) is 1.93. The number of aromatic nitrogens is 1. The van der Waals surface area contributed by atoms with Crippen LogP contribution in [0.2, 0.25) is 10.0 Å². The fourth-order valence-corrected chi connectivity index (χ4v) is 2.59. The number of hydrogen-bond donors (Lipinski definition) is 2. The number of carbonyl (C=O) groups excluding carboxylic acids is 1. The first-order valence-corrected chi connectivity index (χ1v) is 8.21. The van der Waals surface area contributed by atoms with Gasteiger partial charge in [-0.1, -0.05) is 29.3 Å². The lowest BCUT2D eigenvalue weighted by Gasteiger charge is -2.08. The third-order valence-electron chi connectivity index (χ3n) is 3.34. The summed E-state index contributed by atoms with van der Waals surface area (Å²) in [6, 6.07) is 9.29. The Morgan fingerprint density at radius 2 is 1.87 bits per heavy atom. The molecule has 0 saturated heterocycles. The molecule has 0 atom stereocenters. The third-order valence-corrected chi connectivity index (χ3v) is 3.93. The molecular weight excluding hydrogens is 333 g/mol. The molecule has 0 aliphatic carbocycles. The lowest BCUT2D eigenvalue weighted by atomic mass is 10.1. The van der Waals surface area contributed by atoms with Crippen molar-refractivity contribution in [2.45, 2.75) is 19.4 Å². The van der Waals surface area contributed by atoms with E-state index < -0.39 is 0 Å². The zero-order chi connectivity index (χ0) is 16.5. The molecule has 122 valence electrons. The number of nitrogens with one attached hydrogen (secondary N) is 2. The highest BCUT2D eigenvalue weighted by Crippen LogP contribution is 2.20. The highest BCUT2D eigenvalue weighted by atomic mass is 35.5. The first-order valence-electron chi connectivity index (χ1n) is 7.45. The summed E-state index contributed by atoms with van der Waals surface area (Å²) in [6.07, 6.45) is 4.64. The molecule has 1 aromatic heterocycles. The molecule has 2 aromatic rings. The largest absolute Gasteiger partial charge is 0.356 e. The molecule has 23 heavy (non-hydrogen) atoms. The van der Waals surface area contributed by atoms with Crippen molar-refractivity contribution in [3.63, 3.8) is 0 Å². The molecule has 6 heteroatoms. The van der Waals surface area contributed by atoms with Crippen LogP contribution in [-0.2, 0) is 17.8 Å². The predicted octanol–water partition coefficient (Wildman–Crippen LogP) is 3.23. The van der Waals surface area contributed by atoms with Gasteiger partial charge in [0.25, 0.3) is 0 Å². The molecule has 0 aliphatic heterocycles. The van der Waals surface area contributed by atoms with Crippen LogP contribution < -0.4 is 10.6 Å². The fraction of sp³-hybridized carbons (Fsp3) is 0.294. The van der Waals surface area contributed by atoms with Crippen molar-refractivity contribution < 1.29 is 4.79 Å². The van der Waals surface area contributed by atoms with Crippen molar-refractivity contribution in [3.8, 4) is 0 Å². The van der Waals surface area contributed by atoms with Crippen molar-refractivity contribution in [2.24, 2.45) is 0 Å². The van der Waals surface area contributed by atoms with Gasteiger partial charge >= 0.3 is 0 Å². The molecule has 4 nitrogen and oxygen atoms in total. The van der Waals surface area contributed by atoms with Gasteiger partial charge in [0.15, 0.2) is 0 Å². The molecule has 0 fully saturated rings. The predicted molar refractivity (Wildman–Crippen MR) is 93.7 cm³/mol. The Kier molecular flexibility index (Phi) is 7.33. The summed E-state index contributed by atoms with van der Waals surface area (Å²) in [5, 5.41) is 7.37. The van der Waals surface area contributed by atoms with Crippen LogP contribution in [0, 0.1) is 0 Å². The van der Waals surface area contributed by atoms with Crippen LogP contribution in [0.4, 0.5) is 0 Å². The minimum Gasteiger partial charge on any atom is -0.356 e. The number of nitrogens with zero attached hydrogens (tertiary/aromatic N) is 1. The monoisotopic (exact) mass is 351 g/mol. The Morgan fingerprint density at radius 3 is 2.61 bits per heavy atom. The lowest BCUT2D eigenvalue weighted by Crippen LogP contribution is -2.29. The Balaban J connectivity index is 1.60. The van der Waals surface area contributed by atoms with Crippen LogP contribution in [0.1, 0.15) is 17.5 Å². The molecule has 0 spiro atoms. The van der Waals surface area contributed by atoms with Crippen molar-refractivity contribution >= 4 is 29.1 Å². The van der Waals surface area contributed by atoms with Gasteiger partial charge in [-0.3, -0.25) is 9.78 Å². The number of benzene rings is 1. The van der Waals surface area contributed by atoms with Gasteiger partial charge in [0.1, 0.15) is 0 Å². The Bertz CT molecular complexity index is 635. The lowest BCUT2D eigenvalue weighted by molar-refractivity contribution is -0.120. The smallest absolute Gasteiger partial charge is 0.221 e. The minimum atomic E-state index is 0.0253. The number of hydrogen-bond acceptors (Lipinski definition) is 3. The van der Waals surface area contributed by atoms with E-state index in [0.29, 0.717) is 36.0 Å². The standard InChI is InChI=1S/C17H19Cl2N3O/c18-15-2-1-14(16(19)11-15)5-10-22-17(23)6-9-21-12-13-3-7-20-8-4-13/h1-4,7-8,11,21H,5-6,9-10,12H2,(H,22,23). The average molecular weight is 352 g/mol. The molecule has 0 aliphatic rings. The molecule has 2 N–H and O–H groups in total. The summed E-state index contributed by atoms with van der Waals surface area (Å²) < 4.78 is 0. The van der Waals surface area contributed by atoms with Crippen molar-refractivity contribution in [1.29, 1.82) is 0 Å². The van der Waals surface area contributed by atoms with E-state index >= 15 is 0 Å². The Morgan fingerprint density at radius 1 is 1.09 bits per heavy atom. The summed E-state index contributed by atoms with van der Waals surface area (Å²) in [5.41, 5.74) is 2.13. The Hall–Kier alpha value is -1.62. The fourth-order valence-electron chi connectivity index (χ4n) is 2.08. The highest BCUT2D eigenvalue weighted by Gasteiger charge is 2.04. The van der Waals surface area contributed by atoms with Crippen LogP contribution in [0.15, 0.2) is 42.7 Å². The molecule has 0 saturated carbocycles. The molecule has 0 unspecified atom stereocenters. The SMILES string of the molecule is O=C(CCNCc1ccncc1)NCCc1ccc(Cl)cc1Cl. The van der Waals surface area contributed by atoms with Crippen LogP contribution >= 0.6 is 23.2 Å². The van der Waals surface area contributed by atoms with Crippen LogP contribution in [0.5, 0.6) is 0 Å². The number of amides is 1. The van der Waals surface area contributed by atoms with Gasteiger partial charge in [0, 0.05) is 48.5 Å². The maximum atomic E-state index is 11.8. The van der Waals surface area contributed by atoms with E-state index in [0.717, 1.165) is 17.7 Å². The molecule has 1 heterocycles. The zero-order valence-corrected chi connectivity index (χ0v) is 14.2. The van der Waals surface area contributed by atoms with Crippen molar-refractivity contribution in [3.05, 3.63) is 63.9 Å². The molecule has 2 rings (SSSR count). The number of rotatable bonds is 8. The molecule has 0 bridgehead atoms. The van der Waals surface area contributed by atoms with Crippen LogP contribution in [0.25, 0.3) is 0 Å². The second-order valence-electron chi connectivity index (χ2n) is 5.12. The molecule has 0 radical (unpaired) electrons. The van der Waals surface area contributed by atoms with E-state index in [1.54, 1.807) is 24.5 Å². The minimum absolute atomic E-state index is 0.0253. The number of pyridine rings is 1. The van der Waals surface area contributed by atoms with Gasteiger partial charge in [-0.15, -0.1) is 0 Å². The van der Waals surface area contributed by atoms with E-state index in [9.17, 15) is 4.79 Å². The normalized spacial score (nSPS) is 10.5. The molecule has 1 amide bonds. The summed E-state index contributed by atoms with van der Waals surface area (Å²) in [4.78, 5) is 15.7. The highest BCUT2D eigenvalue weighted by molar-refractivity contribution is 6.35. The first-order chi connectivity index (χ1) is 11.1. The van der Waals surface area contributed by atoms with Crippen molar-refractivity contribution in [2.75, 3.05) is 13.1 Å². The maximum absolute atomic E-state index is 11.8. The topological polar surface area (TPSA) is 54.0 Å². The number of carbonyl (C=O) groups is 1. The maximum Gasteiger partial charge on any atom is 0.221 e. The van der Waals surface area contributed by atoms with Gasteiger partial charge in [-0.05, 0) is 41.8 Å². The van der Waals surface area contributed by atoms with Crippen molar-refractivity contribution in [1.82, 2.24) is 15.6 Å². The van der Waals surface area contributed by atoms with E-state index in [-0.39, 0.29) is 5.91 Å². The quantitative estimate of drug-likeness (QED) is 0.718. The third kappa shape index (κ3) is 6.57. The van der Waals surface area contributed by atoms with E-state index in [1.807, 2.05) is 18.2 Å². The van der Waals surface area contributed by atoms with Crippen LogP contribution in [-0.4, -0.2) is 24.0 Å². The second kappa shape index (κ2) is 9.50. The van der Waals surface area contributed by atoms with E-state index in [4.69, 9.17) is 23.2 Å². The summed E-state index contributed by atoms with van der Waals surface area (Å²) >= 11 is 11.9. The van der Waals surface area contributed by atoms with Gasteiger partial charge in [-0.25, -0.2) is 0 Å². The zero-order valence-electron chi connectivity index (χ0n) is 12.7. The molecular formula is C17H19Cl2N3O. The van der Waals surface area contributed by atoms with Gasteiger partial charge in [0.2, 0.25) is 5.91 Å². The van der Waals surface area contributed by atoms with E-state index in [1.165, 1.54) is 0 Å². The van der Waals surface area contributed by atoms with Gasteiger partial charge < -0.3 is 10.6 Å². The molecule has 1 aromatic carbocycles. The summed E-state index contributed by atoms with van der Waals surface area (Å²) in [5.74, 6) is 0.0253. The Labute approximate surface area is 146 Å². The average Bonchev–Trinajstić information content (AvgIpc) is 2.55. The first kappa shape index (κ1) is 17.7. The van der Waals surface area contributed by atoms with Gasteiger partial charge in [-0.2, -0.15) is 0 Å².